The average Bonchev–Trinajstić information content (AvgIpc) is 3.27. The Balaban J connectivity index is 1.45. The van der Waals surface area contributed by atoms with E-state index in [1.54, 1.807) is 0 Å². The Morgan fingerprint density at radius 3 is 2.46 bits per heavy atom. The Morgan fingerprint density at radius 2 is 1.69 bits per heavy atom. The van der Waals surface area contributed by atoms with Crippen LogP contribution in [-0.2, 0) is 26.2 Å². The average molecular weight is 553 g/mol. The minimum Gasteiger partial charge on any atom is -0.494 e. The van der Waals surface area contributed by atoms with E-state index in [0.29, 0.717) is 31.5 Å². The summed E-state index contributed by atoms with van der Waals surface area (Å²) in [4.78, 5) is 9.78. The third-order valence-electron chi connectivity index (χ3n) is 7.38. The molecule has 2 aliphatic rings. The standard InChI is InChI=1S/C31H41ClN4O3/c1-3-5-16-36-27(30(32)33-31(36)35-14-7-6-8-15-35)23-34(21-24-10-9-11-26(19-24)37-4-2)22-25-12-13-28-29(20-25)39-18-17-38-28/h9-13,19-20H,3-8,14-18,21-23H2,1-2H3. The summed E-state index contributed by atoms with van der Waals surface area (Å²) in [5, 5.41) is 0.613. The highest BCUT2D eigenvalue weighted by Gasteiger charge is 2.24. The second kappa shape index (κ2) is 13.4. The number of hydrogen-bond donors (Lipinski definition) is 0. The molecule has 0 spiro atoms. The molecule has 0 amide bonds. The molecule has 1 aromatic heterocycles. The normalized spacial score (nSPS) is 15.1. The van der Waals surface area contributed by atoms with Crippen LogP contribution in [0.5, 0.6) is 17.2 Å². The van der Waals surface area contributed by atoms with Crippen LogP contribution in [0.15, 0.2) is 42.5 Å². The lowest BCUT2D eigenvalue weighted by Gasteiger charge is -2.29. The number of halogens is 1. The molecular formula is C31H41ClN4O3. The van der Waals surface area contributed by atoms with E-state index in [2.05, 4.69) is 51.6 Å². The lowest BCUT2D eigenvalue weighted by molar-refractivity contribution is 0.170. The molecule has 2 aromatic carbocycles. The summed E-state index contributed by atoms with van der Waals surface area (Å²) in [6, 6.07) is 14.6. The van der Waals surface area contributed by atoms with Crippen molar-refractivity contribution < 1.29 is 14.2 Å². The maximum Gasteiger partial charge on any atom is 0.207 e. The minimum absolute atomic E-state index is 0.579. The van der Waals surface area contributed by atoms with Crippen molar-refractivity contribution in [3.05, 3.63) is 64.4 Å². The lowest BCUT2D eigenvalue weighted by atomic mass is 10.1. The zero-order valence-corrected chi connectivity index (χ0v) is 24.1. The van der Waals surface area contributed by atoms with Crippen molar-refractivity contribution in [2.24, 2.45) is 0 Å². The first-order chi connectivity index (χ1) is 19.1. The molecule has 0 unspecified atom stereocenters. The van der Waals surface area contributed by atoms with Gasteiger partial charge in [-0.05, 0) is 68.0 Å². The Hall–Kier alpha value is -2.90. The Labute approximate surface area is 237 Å². The van der Waals surface area contributed by atoms with Gasteiger partial charge in [0, 0.05) is 39.3 Å². The Kier molecular flexibility index (Phi) is 9.53. The maximum absolute atomic E-state index is 6.92. The second-order valence-corrected chi connectivity index (χ2v) is 10.8. The number of rotatable bonds is 12. The van der Waals surface area contributed by atoms with Gasteiger partial charge in [-0.25, -0.2) is 4.98 Å². The quantitative estimate of drug-likeness (QED) is 0.249. The van der Waals surface area contributed by atoms with Gasteiger partial charge in [-0.1, -0.05) is 43.1 Å². The molecule has 210 valence electrons. The van der Waals surface area contributed by atoms with E-state index in [9.17, 15) is 0 Å². The summed E-state index contributed by atoms with van der Waals surface area (Å²) in [7, 11) is 0. The number of aromatic nitrogens is 2. The van der Waals surface area contributed by atoms with E-state index in [-0.39, 0.29) is 0 Å². The van der Waals surface area contributed by atoms with E-state index in [0.717, 1.165) is 74.5 Å². The molecule has 3 heterocycles. The molecule has 8 heteroatoms. The summed E-state index contributed by atoms with van der Waals surface area (Å²) in [6.45, 7) is 11.3. The lowest BCUT2D eigenvalue weighted by Crippen LogP contribution is -2.32. The molecule has 0 saturated carbocycles. The first-order valence-corrected chi connectivity index (χ1v) is 14.8. The molecule has 0 N–H and O–H groups in total. The number of imidazole rings is 1. The molecule has 1 fully saturated rings. The van der Waals surface area contributed by atoms with Gasteiger partial charge in [0.1, 0.15) is 19.0 Å². The molecule has 1 saturated heterocycles. The van der Waals surface area contributed by atoms with E-state index < -0.39 is 0 Å². The van der Waals surface area contributed by atoms with E-state index in [4.69, 9.17) is 30.8 Å². The minimum atomic E-state index is 0.579. The molecule has 2 aliphatic heterocycles. The first-order valence-electron chi connectivity index (χ1n) is 14.5. The Morgan fingerprint density at radius 1 is 0.923 bits per heavy atom. The zero-order valence-electron chi connectivity index (χ0n) is 23.3. The molecule has 0 bridgehead atoms. The number of nitrogens with zero attached hydrogens (tertiary/aromatic N) is 4. The highest BCUT2D eigenvalue weighted by atomic mass is 35.5. The van der Waals surface area contributed by atoms with Gasteiger partial charge in [0.15, 0.2) is 16.7 Å². The van der Waals surface area contributed by atoms with Crippen LogP contribution in [0.2, 0.25) is 5.15 Å². The molecule has 0 radical (unpaired) electrons. The SMILES string of the molecule is CCCCn1c(N2CCCCC2)nc(Cl)c1CN(Cc1cccc(OCC)c1)Cc1ccc2c(c1)OCCO2. The molecule has 3 aromatic rings. The van der Waals surface area contributed by atoms with Gasteiger partial charge >= 0.3 is 0 Å². The molecule has 0 atom stereocenters. The van der Waals surface area contributed by atoms with E-state index in [1.807, 2.05) is 19.1 Å². The summed E-state index contributed by atoms with van der Waals surface area (Å²) < 4.78 is 19.8. The van der Waals surface area contributed by atoms with Crippen molar-refractivity contribution in [1.82, 2.24) is 14.5 Å². The predicted molar refractivity (Wildman–Crippen MR) is 156 cm³/mol. The number of fused-ring (bicyclic) bond motifs is 1. The largest absolute Gasteiger partial charge is 0.494 e. The van der Waals surface area contributed by atoms with Crippen LogP contribution in [0.3, 0.4) is 0 Å². The van der Waals surface area contributed by atoms with Gasteiger partial charge < -0.3 is 23.7 Å². The molecule has 5 rings (SSSR count). The molecule has 39 heavy (non-hydrogen) atoms. The van der Waals surface area contributed by atoms with Crippen molar-refractivity contribution in [3.63, 3.8) is 0 Å². The van der Waals surface area contributed by atoms with Gasteiger partial charge in [0.2, 0.25) is 5.95 Å². The van der Waals surface area contributed by atoms with Gasteiger partial charge in [-0.15, -0.1) is 0 Å². The summed E-state index contributed by atoms with van der Waals surface area (Å²) in [6.07, 6.45) is 5.93. The maximum atomic E-state index is 6.92. The summed E-state index contributed by atoms with van der Waals surface area (Å²) >= 11 is 6.92. The van der Waals surface area contributed by atoms with Gasteiger partial charge in [-0.2, -0.15) is 0 Å². The topological polar surface area (TPSA) is 52.0 Å². The number of piperidine rings is 1. The highest BCUT2D eigenvalue weighted by Crippen LogP contribution is 2.33. The van der Waals surface area contributed by atoms with Crippen molar-refractivity contribution in [2.45, 2.75) is 72.1 Å². The number of unbranched alkanes of at least 4 members (excludes halogenated alkanes) is 1. The fraction of sp³-hybridized carbons (Fsp3) is 0.516. The van der Waals surface area contributed by atoms with Gasteiger partial charge in [0.05, 0.1) is 12.3 Å². The second-order valence-electron chi connectivity index (χ2n) is 10.4. The zero-order chi connectivity index (χ0) is 27.0. The van der Waals surface area contributed by atoms with Crippen molar-refractivity contribution in [2.75, 3.05) is 37.8 Å². The molecule has 7 nitrogen and oxygen atoms in total. The van der Waals surface area contributed by atoms with Crippen LogP contribution in [0.1, 0.15) is 62.8 Å². The van der Waals surface area contributed by atoms with Crippen LogP contribution in [0.4, 0.5) is 5.95 Å². The number of hydrogen-bond acceptors (Lipinski definition) is 6. The number of anilines is 1. The van der Waals surface area contributed by atoms with E-state index >= 15 is 0 Å². The van der Waals surface area contributed by atoms with Crippen LogP contribution in [0, 0.1) is 0 Å². The van der Waals surface area contributed by atoms with Crippen molar-refractivity contribution in [3.8, 4) is 17.2 Å². The van der Waals surface area contributed by atoms with Crippen LogP contribution in [0.25, 0.3) is 0 Å². The number of benzene rings is 2. The summed E-state index contributed by atoms with van der Waals surface area (Å²) in [5.74, 6) is 3.55. The Bertz CT molecular complexity index is 1220. The number of ether oxygens (including phenoxy) is 3. The fourth-order valence-corrected chi connectivity index (χ4v) is 5.70. The third kappa shape index (κ3) is 7.00. The third-order valence-corrected chi connectivity index (χ3v) is 7.68. The van der Waals surface area contributed by atoms with Crippen LogP contribution >= 0.6 is 11.6 Å². The monoisotopic (exact) mass is 552 g/mol. The smallest absolute Gasteiger partial charge is 0.207 e. The van der Waals surface area contributed by atoms with Crippen LogP contribution < -0.4 is 19.1 Å². The van der Waals surface area contributed by atoms with E-state index in [1.165, 1.54) is 30.4 Å². The van der Waals surface area contributed by atoms with Crippen molar-refractivity contribution >= 4 is 17.5 Å². The molecular weight excluding hydrogens is 512 g/mol. The molecule has 0 aliphatic carbocycles. The van der Waals surface area contributed by atoms with Crippen molar-refractivity contribution in [1.29, 1.82) is 0 Å². The van der Waals surface area contributed by atoms with Crippen LogP contribution in [-0.4, -0.2) is 47.4 Å². The highest BCUT2D eigenvalue weighted by molar-refractivity contribution is 6.30. The van der Waals surface area contributed by atoms with Gasteiger partial charge in [0.25, 0.3) is 0 Å². The first kappa shape index (κ1) is 27.7. The fourth-order valence-electron chi connectivity index (χ4n) is 5.46. The van der Waals surface area contributed by atoms with Gasteiger partial charge in [-0.3, -0.25) is 4.90 Å². The summed E-state index contributed by atoms with van der Waals surface area (Å²) in [5.41, 5.74) is 3.46. The predicted octanol–water partition coefficient (Wildman–Crippen LogP) is 6.70.